The van der Waals surface area contributed by atoms with Gasteiger partial charge in [-0.3, -0.25) is 4.79 Å². The van der Waals surface area contributed by atoms with Crippen LogP contribution in [0, 0.1) is 5.41 Å². The first-order valence-corrected chi connectivity index (χ1v) is 7.99. The van der Waals surface area contributed by atoms with Gasteiger partial charge >= 0.3 is 0 Å². The summed E-state index contributed by atoms with van der Waals surface area (Å²) >= 11 is 3.46. The maximum Gasteiger partial charge on any atom is 0.270 e. The summed E-state index contributed by atoms with van der Waals surface area (Å²) in [6.07, 6.45) is 2.97. The largest absolute Gasteiger partial charge is 0.342 e. The number of carbonyl (C=O) groups is 1. The zero-order valence-corrected chi connectivity index (χ0v) is 14.5. The van der Waals surface area contributed by atoms with E-state index < -0.39 is 0 Å². The second kappa shape index (κ2) is 7.27. The molecule has 1 amide bonds. The van der Waals surface area contributed by atoms with Gasteiger partial charge in [0.05, 0.1) is 0 Å². The number of hydrogen-bond donors (Lipinski definition) is 1. The van der Waals surface area contributed by atoms with Crippen LogP contribution in [0.1, 0.15) is 44.6 Å². The van der Waals surface area contributed by atoms with E-state index >= 15 is 0 Å². The molecule has 0 atom stereocenters. The molecule has 0 aliphatic rings. The number of halogens is 1. The minimum atomic E-state index is -0.0644. The van der Waals surface area contributed by atoms with Crippen molar-refractivity contribution in [3.05, 3.63) is 22.4 Å². The van der Waals surface area contributed by atoms with Gasteiger partial charge < -0.3 is 15.2 Å². The van der Waals surface area contributed by atoms with Crippen LogP contribution in [0.2, 0.25) is 0 Å². The number of hydrogen-bond acceptors (Lipinski definition) is 2. The zero-order chi connectivity index (χ0) is 15.3. The fourth-order valence-corrected chi connectivity index (χ4v) is 2.61. The minimum absolute atomic E-state index is 0.0644. The first kappa shape index (κ1) is 17.2. The Labute approximate surface area is 130 Å². The molecule has 20 heavy (non-hydrogen) atoms. The molecule has 0 radical (unpaired) electrons. The summed E-state index contributed by atoms with van der Waals surface area (Å²) in [5.41, 5.74) is 6.46. The van der Waals surface area contributed by atoms with E-state index in [0.717, 1.165) is 23.1 Å². The topological polar surface area (TPSA) is 51.3 Å². The molecule has 0 unspecified atom stereocenters. The Bertz CT molecular complexity index is 454. The van der Waals surface area contributed by atoms with E-state index in [2.05, 4.69) is 36.7 Å². The quantitative estimate of drug-likeness (QED) is 0.826. The summed E-state index contributed by atoms with van der Waals surface area (Å²) in [5, 5.41) is 0. The Morgan fingerprint density at radius 3 is 2.60 bits per heavy atom. The molecule has 0 aliphatic heterocycles. The molecule has 5 heteroatoms. The molecule has 114 valence electrons. The molecule has 1 heterocycles. The van der Waals surface area contributed by atoms with Crippen LogP contribution in [0.4, 0.5) is 0 Å². The first-order chi connectivity index (χ1) is 9.34. The summed E-state index contributed by atoms with van der Waals surface area (Å²) in [4.78, 5) is 14.6. The maximum absolute atomic E-state index is 12.7. The van der Waals surface area contributed by atoms with E-state index in [4.69, 9.17) is 5.73 Å². The Morgan fingerprint density at radius 1 is 1.45 bits per heavy atom. The lowest BCUT2D eigenvalue weighted by atomic mass is 9.93. The first-order valence-electron chi connectivity index (χ1n) is 7.19. The summed E-state index contributed by atoms with van der Waals surface area (Å²) in [6, 6.07) is 1.90. The van der Waals surface area contributed by atoms with Crippen molar-refractivity contribution in [3.8, 4) is 0 Å². The zero-order valence-electron chi connectivity index (χ0n) is 12.9. The number of aryl methyl sites for hydroxylation is 1. The third-order valence-corrected chi connectivity index (χ3v) is 3.82. The van der Waals surface area contributed by atoms with Crippen LogP contribution in [-0.4, -0.2) is 35.0 Å². The minimum Gasteiger partial charge on any atom is -0.342 e. The molecule has 0 fully saturated rings. The van der Waals surface area contributed by atoms with Gasteiger partial charge in [0.25, 0.3) is 5.91 Å². The molecule has 0 bridgehead atoms. The third-order valence-electron chi connectivity index (χ3n) is 3.39. The fourth-order valence-electron chi connectivity index (χ4n) is 2.15. The standard InChI is InChI=1S/C15H26BrN3O/c1-5-7-19-9-12(16)8-13(19)14(20)18(6-2)11-15(3,4)10-17/h8-9H,5-7,10-11,17H2,1-4H3. The second-order valence-electron chi connectivity index (χ2n) is 5.92. The number of carbonyl (C=O) groups excluding carboxylic acids is 1. The van der Waals surface area contributed by atoms with Crippen LogP contribution in [0.3, 0.4) is 0 Å². The predicted molar refractivity (Wildman–Crippen MR) is 86.8 cm³/mol. The highest BCUT2D eigenvalue weighted by atomic mass is 79.9. The molecule has 0 saturated carbocycles. The summed E-state index contributed by atoms with van der Waals surface area (Å²) in [5.74, 6) is 0.0770. The van der Waals surface area contributed by atoms with E-state index in [1.54, 1.807) is 0 Å². The lowest BCUT2D eigenvalue weighted by Gasteiger charge is -2.31. The van der Waals surface area contributed by atoms with E-state index in [1.165, 1.54) is 0 Å². The Morgan fingerprint density at radius 2 is 2.10 bits per heavy atom. The maximum atomic E-state index is 12.7. The van der Waals surface area contributed by atoms with Crippen LogP contribution < -0.4 is 5.73 Å². The Kier molecular flexibility index (Phi) is 6.27. The van der Waals surface area contributed by atoms with Gasteiger partial charge in [-0.05, 0) is 47.3 Å². The van der Waals surface area contributed by atoms with E-state index in [9.17, 15) is 4.79 Å². The van der Waals surface area contributed by atoms with Crippen molar-refractivity contribution in [1.29, 1.82) is 0 Å². The Hall–Kier alpha value is -0.810. The molecular formula is C15H26BrN3O. The van der Waals surface area contributed by atoms with Gasteiger partial charge in [0.2, 0.25) is 0 Å². The van der Waals surface area contributed by atoms with Crippen LogP contribution >= 0.6 is 15.9 Å². The average Bonchev–Trinajstić information content (AvgIpc) is 2.76. The lowest BCUT2D eigenvalue weighted by Crippen LogP contribution is -2.42. The highest BCUT2D eigenvalue weighted by Crippen LogP contribution is 2.20. The van der Waals surface area contributed by atoms with Crippen LogP contribution in [-0.2, 0) is 6.54 Å². The summed E-state index contributed by atoms with van der Waals surface area (Å²) in [6.45, 7) is 11.1. The molecule has 1 rings (SSSR count). The monoisotopic (exact) mass is 343 g/mol. The Balaban J connectivity index is 2.96. The SMILES string of the molecule is CCCn1cc(Br)cc1C(=O)N(CC)CC(C)(C)CN. The number of nitrogens with zero attached hydrogens (tertiary/aromatic N) is 2. The third kappa shape index (κ3) is 4.35. The van der Waals surface area contributed by atoms with Crippen molar-refractivity contribution in [3.63, 3.8) is 0 Å². The number of nitrogens with two attached hydrogens (primary N) is 1. The molecule has 1 aromatic rings. The smallest absolute Gasteiger partial charge is 0.270 e. The van der Waals surface area contributed by atoms with Crippen molar-refractivity contribution in [2.45, 2.75) is 40.7 Å². The summed E-state index contributed by atoms with van der Waals surface area (Å²) in [7, 11) is 0. The van der Waals surface area contributed by atoms with E-state index in [-0.39, 0.29) is 11.3 Å². The number of rotatable bonds is 7. The van der Waals surface area contributed by atoms with Crippen molar-refractivity contribution in [2.24, 2.45) is 11.1 Å². The number of amides is 1. The van der Waals surface area contributed by atoms with Crippen molar-refractivity contribution < 1.29 is 4.79 Å². The van der Waals surface area contributed by atoms with E-state index in [0.29, 0.717) is 19.6 Å². The highest BCUT2D eigenvalue weighted by molar-refractivity contribution is 9.10. The molecule has 2 N–H and O–H groups in total. The number of aromatic nitrogens is 1. The molecule has 0 saturated heterocycles. The van der Waals surface area contributed by atoms with Gasteiger partial charge in [-0.1, -0.05) is 20.8 Å². The van der Waals surface area contributed by atoms with Gasteiger partial charge in [-0.15, -0.1) is 0 Å². The predicted octanol–water partition coefficient (Wildman–Crippen LogP) is 3.11. The molecule has 0 spiro atoms. The molecular weight excluding hydrogens is 318 g/mol. The molecule has 0 aromatic carbocycles. The van der Waals surface area contributed by atoms with Gasteiger partial charge in [0.15, 0.2) is 0 Å². The van der Waals surface area contributed by atoms with Gasteiger partial charge in [-0.25, -0.2) is 0 Å². The second-order valence-corrected chi connectivity index (χ2v) is 6.84. The van der Waals surface area contributed by atoms with E-state index in [1.807, 2.05) is 28.7 Å². The summed E-state index contributed by atoms with van der Waals surface area (Å²) < 4.78 is 2.97. The molecule has 4 nitrogen and oxygen atoms in total. The van der Waals surface area contributed by atoms with Crippen LogP contribution in [0.15, 0.2) is 16.7 Å². The van der Waals surface area contributed by atoms with Crippen LogP contribution in [0.5, 0.6) is 0 Å². The van der Waals surface area contributed by atoms with Crippen molar-refractivity contribution >= 4 is 21.8 Å². The van der Waals surface area contributed by atoms with Gasteiger partial charge in [0.1, 0.15) is 5.69 Å². The van der Waals surface area contributed by atoms with Gasteiger partial charge in [-0.2, -0.15) is 0 Å². The van der Waals surface area contributed by atoms with Crippen molar-refractivity contribution in [2.75, 3.05) is 19.6 Å². The fraction of sp³-hybridized carbons (Fsp3) is 0.667. The molecule has 0 aliphatic carbocycles. The average molecular weight is 344 g/mol. The van der Waals surface area contributed by atoms with Crippen LogP contribution in [0.25, 0.3) is 0 Å². The normalized spacial score (nSPS) is 11.7. The van der Waals surface area contributed by atoms with Crippen molar-refractivity contribution in [1.82, 2.24) is 9.47 Å². The molecule has 1 aromatic heterocycles. The highest BCUT2D eigenvalue weighted by Gasteiger charge is 2.25. The van der Waals surface area contributed by atoms with Gasteiger partial charge in [0, 0.05) is 30.3 Å². The lowest BCUT2D eigenvalue weighted by molar-refractivity contribution is 0.0690.